The summed E-state index contributed by atoms with van der Waals surface area (Å²) in [7, 11) is 1.49. The number of ether oxygens (including phenoxy) is 1. The van der Waals surface area contributed by atoms with Crippen molar-refractivity contribution in [2.24, 2.45) is 0 Å². The van der Waals surface area contributed by atoms with E-state index in [-0.39, 0.29) is 10.9 Å². The molecule has 0 aliphatic rings. The van der Waals surface area contributed by atoms with Crippen molar-refractivity contribution in [3.8, 4) is 5.75 Å². The van der Waals surface area contributed by atoms with Crippen LogP contribution in [0.4, 0.5) is 13.2 Å². The molecule has 1 unspecified atom stereocenters. The van der Waals surface area contributed by atoms with E-state index < -0.39 is 29.3 Å². The zero-order valence-corrected chi connectivity index (χ0v) is 14.7. The number of pyridine rings is 1. The van der Waals surface area contributed by atoms with E-state index in [0.717, 1.165) is 6.20 Å². The van der Waals surface area contributed by atoms with E-state index >= 15 is 0 Å². The van der Waals surface area contributed by atoms with Crippen LogP contribution in [-0.4, -0.2) is 18.0 Å². The van der Waals surface area contributed by atoms with Gasteiger partial charge in [-0.15, -0.1) is 0 Å². The Bertz CT molecular complexity index is 986. The van der Waals surface area contributed by atoms with Gasteiger partial charge >= 0.3 is 6.18 Å². The average molecular weight is 374 g/mol. The van der Waals surface area contributed by atoms with Gasteiger partial charge in [-0.2, -0.15) is 13.2 Å². The molecular formula is C20H17F3N2O2. The molecule has 1 amide bonds. The average Bonchev–Trinajstić information content (AvgIpc) is 2.66. The van der Waals surface area contributed by atoms with Crippen LogP contribution in [0.2, 0.25) is 0 Å². The first-order chi connectivity index (χ1) is 12.8. The van der Waals surface area contributed by atoms with Crippen molar-refractivity contribution < 1.29 is 22.7 Å². The number of carbonyl (C=O) groups is 1. The molecule has 1 heterocycles. The first-order valence-corrected chi connectivity index (χ1v) is 8.21. The number of alkyl halides is 3. The van der Waals surface area contributed by atoms with Gasteiger partial charge in [-0.25, -0.2) is 0 Å². The molecule has 1 atom stereocenters. The second kappa shape index (κ2) is 7.26. The molecule has 0 spiro atoms. The summed E-state index contributed by atoms with van der Waals surface area (Å²) < 4.78 is 46.3. The van der Waals surface area contributed by atoms with E-state index in [1.54, 1.807) is 37.3 Å². The molecule has 3 aromatic rings. The Kier molecular flexibility index (Phi) is 5.03. The number of hydrogen-bond donors (Lipinski definition) is 1. The maximum Gasteiger partial charge on any atom is 0.417 e. The fraction of sp³-hybridized carbons (Fsp3) is 0.200. The molecule has 7 heteroatoms. The third-order valence-electron chi connectivity index (χ3n) is 4.26. The molecule has 0 aliphatic heterocycles. The number of halogens is 3. The number of hydrogen-bond acceptors (Lipinski definition) is 3. The van der Waals surface area contributed by atoms with Crippen molar-refractivity contribution in [1.29, 1.82) is 0 Å². The van der Waals surface area contributed by atoms with E-state index in [1.807, 2.05) is 0 Å². The van der Waals surface area contributed by atoms with E-state index in [4.69, 9.17) is 4.74 Å². The van der Waals surface area contributed by atoms with Crippen LogP contribution in [0.1, 0.15) is 34.5 Å². The van der Waals surface area contributed by atoms with Crippen LogP contribution in [-0.2, 0) is 6.18 Å². The molecule has 3 rings (SSSR count). The van der Waals surface area contributed by atoms with Crippen molar-refractivity contribution in [2.75, 3.05) is 7.11 Å². The summed E-state index contributed by atoms with van der Waals surface area (Å²) >= 11 is 0. The zero-order chi connectivity index (χ0) is 19.6. The highest BCUT2D eigenvalue weighted by Crippen LogP contribution is 2.37. The van der Waals surface area contributed by atoms with E-state index in [2.05, 4.69) is 10.3 Å². The Balaban J connectivity index is 2.01. The molecule has 0 saturated carbocycles. The van der Waals surface area contributed by atoms with Gasteiger partial charge in [0.25, 0.3) is 5.91 Å². The van der Waals surface area contributed by atoms with Gasteiger partial charge in [0.2, 0.25) is 0 Å². The highest BCUT2D eigenvalue weighted by atomic mass is 19.4. The van der Waals surface area contributed by atoms with Gasteiger partial charge in [-0.1, -0.05) is 36.4 Å². The van der Waals surface area contributed by atoms with Gasteiger partial charge in [0.05, 0.1) is 29.8 Å². The minimum Gasteiger partial charge on any atom is -0.496 e. The molecule has 0 radical (unpaired) electrons. The minimum absolute atomic E-state index is 0.109. The number of fused-ring (bicyclic) bond motifs is 1. The molecule has 27 heavy (non-hydrogen) atoms. The number of para-hydroxylation sites is 2. The number of benzene rings is 2. The van der Waals surface area contributed by atoms with Crippen molar-refractivity contribution >= 4 is 16.8 Å². The topological polar surface area (TPSA) is 51.2 Å². The fourth-order valence-electron chi connectivity index (χ4n) is 3.00. The maximum atomic E-state index is 13.7. The second-order valence-corrected chi connectivity index (χ2v) is 6.00. The SMILES string of the molecule is COc1ccccc1C(C)NC(=O)c1cnc2ccccc2c1C(F)(F)F. The summed E-state index contributed by atoms with van der Waals surface area (Å²) in [4.78, 5) is 16.7. The van der Waals surface area contributed by atoms with Crippen molar-refractivity contribution in [1.82, 2.24) is 10.3 Å². The predicted octanol–water partition coefficient (Wildman–Crippen LogP) is 4.75. The lowest BCUT2D eigenvalue weighted by molar-refractivity contribution is -0.136. The molecule has 1 N–H and O–H groups in total. The molecule has 1 aromatic heterocycles. The maximum absolute atomic E-state index is 13.7. The van der Waals surface area contributed by atoms with E-state index in [1.165, 1.54) is 25.3 Å². The first kappa shape index (κ1) is 18.7. The van der Waals surface area contributed by atoms with Crippen LogP contribution in [0.5, 0.6) is 5.75 Å². The van der Waals surface area contributed by atoms with Crippen LogP contribution in [0, 0.1) is 0 Å². The molecule has 4 nitrogen and oxygen atoms in total. The van der Waals surface area contributed by atoms with Crippen molar-refractivity contribution in [3.63, 3.8) is 0 Å². The van der Waals surface area contributed by atoms with Crippen LogP contribution >= 0.6 is 0 Å². The lowest BCUT2D eigenvalue weighted by Gasteiger charge is -2.19. The Morgan fingerprint density at radius 2 is 1.78 bits per heavy atom. The number of amides is 1. The number of nitrogens with zero attached hydrogens (tertiary/aromatic N) is 1. The third-order valence-corrected chi connectivity index (χ3v) is 4.26. The highest BCUT2D eigenvalue weighted by molar-refractivity contribution is 6.00. The second-order valence-electron chi connectivity index (χ2n) is 6.00. The third kappa shape index (κ3) is 3.72. The number of nitrogens with one attached hydrogen (secondary N) is 1. The number of rotatable bonds is 4. The number of methoxy groups -OCH3 is 1. The molecule has 2 aromatic carbocycles. The van der Waals surface area contributed by atoms with Gasteiger partial charge in [0, 0.05) is 17.1 Å². The summed E-state index contributed by atoms with van der Waals surface area (Å²) in [6.07, 6.45) is -3.72. The van der Waals surface area contributed by atoms with Gasteiger partial charge < -0.3 is 10.1 Å². The Hall–Kier alpha value is -3.09. The first-order valence-electron chi connectivity index (χ1n) is 8.21. The Morgan fingerprint density at radius 3 is 2.48 bits per heavy atom. The van der Waals surface area contributed by atoms with Crippen LogP contribution in [0.3, 0.4) is 0 Å². The van der Waals surface area contributed by atoms with Crippen molar-refractivity contribution in [3.05, 3.63) is 71.4 Å². The van der Waals surface area contributed by atoms with Crippen LogP contribution in [0.25, 0.3) is 10.9 Å². The number of aromatic nitrogens is 1. The summed E-state index contributed by atoms with van der Waals surface area (Å²) in [6.45, 7) is 1.68. The van der Waals surface area contributed by atoms with Crippen LogP contribution in [0.15, 0.2) is 54.7 Å². The van der Waals surface area contributed by atoms with E-state index in [0.29, 0.717) is 11.3 Å². The lowest BCUT2D eigenvalue weighted by Crippen LogP contribution is -2.29. The molecule has 140 valence electrons. The summed E-state index contributed by atoms with van der Waals surface area (Å²) in [5, 5.41) is 2.50. The number of carbonyl (C=O) groups excluding carboxylic acids is 1. The molecular weight excluding hydrogens is 357 g/mol. The van der Waals surface area contributed by atoms with Gasteiger partial charge in [0.15, 0.2) is 0 Å². The Labute approximate surface area is 154 Å². The van der Waals surface area contributed by atoms with Crippen molar-refractivity contribution in [2.45, 2.75) is 19.1 Å². The fourth-order valence-corrected chi connectivity index (χ4v) is 3.00. The summed E-state index contributed by atoms with van der Waals surface area (Å²) in [6, 6.07) is 12.3. The van der Waals surface area contributed by atoms with Gasteiger partial charge in [-0.3, -0.25) is 9.78 Å². The minimum atomic E-state index is -4.69. The Morgan fingerprint density at radius 1 is 1.11 bits per heavy atom. The summed E-state index contributed by atoms with van der Waals surface area (Å²) in [5.74, 6) is -0.308. The smallest absolute Gasteiger partial charge is 0.417 e. The predicted molar refractivity (Wildman–Crippen MR) is 95.6 cm³/mol. The molecule has 0 aliphatic carbocycles. The molecule has 0 bridgehead atoms. The quantitative estimate of drug-likeness (QED) is 0.717. The standard InChI is InChI=1S/C20H17F3N2O2/c1-12(13-7-4-6-10-17(13)27-2)25-19(26)15-11-24-16-9-5-3-8-14(16)18(15)20(21,22)23/h3-12H,1-2H3,(H,25,26). The lowest BCUT2D eigenvalue weighted by atomic mass is 10.0. The van der Waals surface area contributed by atoms with E-state index in [9.17, 15) is 18.0 Å². The van der Waals surface area contributed by atoms with Gasteiger partial charge in [0.1, 0.15) is 5.75 Å². The van der Waals surface area contributed by atoms with Crippen LogP contribution < -0.4 is 10.1 Å². The summed E-state index contributed by atoms with van der Waals surface area (Å²) in [5.41, 5.74) is -0.657. The monoisotopic (exact) mass is 374 g/mol. The normalized spacial score (nSPS) is 12.6. The molecule has 0 fully saturated rings. The largest absolute Gasteiger partial charge is 0.496 e. The highest BCUT2D eigenvalue weighted by Gasteiger charge is 2.38. The van der Waals surface area contributed by atoms with Gasteiger partial charge in [-0.05, 0) is 19.1 Å². The zero-order valence-electron chi connectivity index (χ0n) is 14.7. The molecule has 0 saturated heterocycles.